The van der Waals surface area contributed by atoms with Crippen molar-refractivity contribution in [2.45, 2.75) is 11.4 Å². The van der Waals surface area contributed by atoms with Crippen LogP contribution in [-0.4, -0.2) is 8.42 Å². The van der Waals surface area contributed by atoms with Crippen molar-refractivity contribution in [1.29, 1.82) is 0 Å². The van der Waals surface area contributed by atoms with Gasteiger partial charge >= 0.3 is 0 Å². The summed E-state index contributed by atoms with van der Waals surface area (Å²) in [6, 6.07) is 7.07. The third-order valence-corrected chi connectivity index (χ3v) is 5.05. The Hall–Kier alpha value is -1.51. The standard InChI is InChI=1S/C13H11BrF2N2O2S/c14-10-3-1-8(7-17)5-13(10)21(19,20)18-12-6-9(15)2-4-11(12)16/h1-6,18H,7,17H2. The highest BCUT2D eigenvalue weighted by Gasteiger charge is 2.20. The van der Waals surface area contributed by atoms with Crippen LogP contribution in [0, 0.1) is 11.6 Å². The van der Waals surface area contributed by atoms with Crippen molar-refractivity contribution in [3.05, 3.63) is 58.1 Å². The van der Waals surface area contributed by atoms with Crippen LogP contribution in [0.1, 0.15) is 5.56 Å². The van der Waals surface area contributed by atoms with Gasteiger partial charge in [0.1, 0.15) is 16.5 Å². The minimum atomic E-state index is -4.07. The first kappa shape index (κ1) is 15.9. The van der Waals surface area contributed by atoms with Crippen LogP contribution < -0.4 is 10.5 Å². The molecule has 8 heteroatoms. The maximum atomic E-state index is 13.5. The molecule has 2 aromatic carbocycles. The van der Waals surface area contributed by atoms with E-state index in [1.165, 1.54) is 12.1 Å². The average molecular weight is 377 g/mol. The Morgan fingerprint density at radius 2 is 1.86 bits per heavy atom. The Labute approximate surface area is 129 Å². The molecule has 0 spiro atoms. The van der Waals surface area contributed by atoms with E-state index >= 15 is 0 Å². The zero-order valence-corrected chi connectivity index (χ0v) is 13.0. The quantitative estimate of drug-likeness (QED) is 0.861. The number of nitrogens with one attached hydrogen (secondary N) is 1. The molecular weight excluding hydrogens is 366 g/mol. The second kappa shape index (κ2) is 6.08. The molecule has 2 rings (SSSR count). The van der Waals surface area contributed by atoms with E-state index in [9.17, 15) is 17.2 Å². The number of hydrogen-bond donors (Lipinski definition) is 2. The van der Waals surface area contributed by atoms with Crippen LogP contribution in [0.2, 0.25) is 0 Å². The first-order chi connectivity index (χ1) is 9.83. The summed E-state index contributed by atoms with van der Waals surface area (Å²) in [6.45, 7) is 0.157. The molecule has 0 fully saturated rings. The monoisotopic (exact) mass is 376 g/mol. The Balaban J connectivity index is 2.45. The molecule has 0 radical (unpaired) electrons. The van der Waals surface area contributed by atoms with Crippen LogP contribution >= 0.6 is 15.9 Å². The number of nitrogens with two attached hydrogens (primary N) is 1. The third-order valence-electron chi connectivity index (χ3n) is 2.69. The second-order valence-corrected chi connectivity index (χ2v) is 6.70. The largest absolute Gasteiger partial charge is 0.326 e. The number of sulfonamides is 1. The van der Waals surface area contributed by atoms with Crippen LogP contribution in [-0.2, 0) is 16.6 Å². The van der Waals surface area contributed by atoms with E-state index in [4.69, 9.17) is 5.73 Å². The van der Waals surface area contributed by atoms with Crippen molar-refractivity contribution in [2.75, 3.05) is 4.72 Å². The van der Waals surface area contributed by atoms with Gasteiger partial charge in [-0.3, -0.25) is 4.72 Å². The number of rotatable bonds is 4. The van der Waals surface area contributed by atoms with Gasteiger partial charge in [0.15, 0.2) is 0 Å². The van der Waals surface area contributed by atoms with Crippen LogP contribution in [0.5, 0.6) is 0 Å². The number of halogens is 3. The molecule has 0 aliphatic carbocycles. The summed E-state index contributed by atoms with van der Waals surface area (Å²) >= 11 is 3.11. The van der Waals surface area contributed by atoms with Gasteiger partial charge in [-0.2, -0.15) is 0 Å². The van der Waals surface area contributed by atoms with Gasteiger partial charge in [0.2, 0.25) is 0 Å². The molecule has 0 unspecified atom stereocenters. The Kier molecular flexibility index (Phi) is 4.60. The van der Waals surface area contributed by atoms with Crippen molar-refractivity contribution in [3.63, 3.8) is 0 Å². The Bertz CT molecular complexity index is 782. The summed E-state index contributed by atoms with van der Waals surface area (Å²) in [4.78, 5) is -0.103. The molecule has 0 saturated heterocycles. The van der Waals surface area contributed by atoms with Gasteiger partial charge in [-0.25, -0.2) is 17.2 Å². The second-order valence-electron chi connectivity index (χ2n) is 4.20. The van der Waals surface area contributed by atoms with E-state index in [0.717, 1.165) is 18.2 Å². The van der Waals surface area contributed by atoms with E-state index in [1.807, 2.05) is 4.72 Å². The van der Waals surface area contributed by atoms with E-state index in [2.05, 4.69) is 15.9 Å². The molecule has 0 saturated carbocycles. The van der Waals surface area contributed by atoms with Crippen LogP contribution in [0.4, 0.5) is 14.5 Å². The lowest BCUT2D eigenvalue weighted by molar-refractivity contribution is 0.594. The summed E-state index contributed by atoms with van der Waals surface area (Å²) in [6.07, 6.45) is 0. The lowest BCUT2D eigenvalue weighted by Gasteiger charge is -2.11. The summed E-state index contributed by atoms with van der Waals surface area (Å²) in [5.41, 5.74) is 5.61. The predicted octanol–water partition coefficient (Wildman–Crippen LogP) is 2.99. The molecule has 21 heavy (non-hydrogen) atoms. The lowest BCUT2D eigenvalue weighted by atomic mass is 10.2. The molecule has 0 aromatic heterocycles. The van der Waals surface area contributed by atoms with Gasteiger partial charge in [-0.15, -0.1) is 0 Å². The van der Waals surface area contributed by atoms with Crippen molar-refractivity contribution in [1.82, 2.24) is 0 Å². The molecule has 0 atom stereocenters. The van der Waals surface area contributed by atoms with E-state index in [1.54, 1.807) is 6.07 Å². The zero-order valence-electron chi connectivity index (χ0n) is 10.6. The van der Waals surface area contributed by atoms with Gasteiger partial charge in [0, 0.05) is 17.1 Å². The van der Waals surface area contributed by atoms with Crippen LogP contribution in [0.25, 0.3) is 0 Å². The maximum Gasteiger partial charge on any atom is 0.263 e. The highest BCUT2D eigenvalue weighted by molar-refractivity contribution is 9.10. The Morgan fingerprint density at radius 1 is 1.14 bits per heavy atom. The first-order valence-corrected chi connectivity index (χ1v) is 8.07. The summed E-state index contributed by atoms with van der Waals surface area (Å²) < 4.78 is 53.5. The molecule has 2 aromatic rings. The van der Waals surface area contributed by atoms with E-state index in [-0.39, 0.29) is 11.4 Å². The fourth-order valence-corrected chi connectivity index (χ4v) is 3.73. The van der Waals surface area contributed by atoms with Crippen molar-refractivity contribution in [3.8, 4) is 0 Å². The van der Waals surface area contributed by atoms with E-state index in [0.29, 0.717) is 10.0 Å². The molecule has 3 N–H and O–H groups in total. The molecular formula is C13H11BrF2N2O2S. The number of anilines is 1. The fourth-order valence-electron chi connectivity index (χ4n) is 1.66. The first-order valence-electron chi connectivity index (χ1n) is 5.80. The van der Waals surface area contributed by atoms with Crippen LogP contribution in [0.3, 0.4) is 0 Å². The molecule has 0 bridgehead atoms. The highest BCUT2D eigenvalue weighted by Crippen LogP contribution is 2.26. The van der Waals surface area contributed by atoms with Crippen LogP contribution in [0.15, 0.2) is 45.8 Å². The SMILES string of the molecule is NCc1ccc(Br)c(S(=O)(=O)Nc2cc(F)ccc2F)c1. The third kappa shape index (κ3) is 3.58. The minimum absolute atomic E-state index is 0.103. The van der Waals surface area contributed by atoms with Crippen molar-refractivity contribution in [2.24, 2.45) is 5.73 Å². The molecule has 4 nitrogen and oxygen atoms in total. The average Bonchev–Trinajstić information content (AvgIpc) is 2.43. The van der Waals surface area contributed by atoms with Crippen molar-refractivity contribution >= 4 is 31.6 Å². The highest BCUT2D eigenvalue weighted by atomic mass is 79.9. The molecule has 0 aliphatic heterocycles. The van der Waals surface area contributed by atoms with Gasteiger partial charge in [0.05, 0.1) is 5.69 Å². The smallest absolute Gasteiger partial charge is 0.263 e. The molecule has 0 heterocycles. The summed E-state index contributed by atoms with van der Waals surface area (Å²) in [5, 5.41) is 0. The predicted molar refractivity (Wildman–Crippen MR) is 79.2 cm³/mol. The lowest BCUT2D eigenvalue weighted by Crippen LogP contribution is -2.15. The number of hydrogen-bond acceptors (Lipinski definition) is 3. The van der Waals surface area contributed by atoms with E-state index < -0.39 is 27.3 Å². The normalized spacial score (nSPS) is 11.4. The van der Waals surface area contributed by atoms with Gasteiger partial charge in [0.25, 0.3) is 10.0 Å². The molecule has 0 amide bonds. The van der Waals surface area contributed by atoms with Gasteiger partial charge in [-0.1, -0.05) is 6.07 Å². The van der Waals surface area contributed by atoms with Crippen molar-refractivity contribution < 1.29 is 17.2 Å². The fraction of sp³-hybridized carbons (Fsp3) is 0.0769. The summed E-state index contributed by atoms with van der Waals surface area (Å²) in [5.74, 6) is -1.62. The minimum Gasteiger partial charge on any atom is -0.326 e. The Morgan fingerprint density at radius 3 is 2.52 bits per heavy atom. The zero-order chi connectivity index (χ0) is 15.6. The topological polar surface area (TPSA) is 72.2 Å². The molecule has 0 aliphatic rings. The number of benzene rings is 2. The van der Waals surface area contributed by atoms with Gasteiger partial charge < -0.3 is 5.73 Å². The maximum absolute atomic E-state index is 13.5. The molecule has 112 valence electrons. The summed E-state index contributed by atoms with van der Waals surface area (Å²) in [7, 11) is -4.07. The van der Waals surface area contributed by atoms with Gasteiger partial charge in [-0.05, 0) is 45.8 Å².